The Bertz CT molecular complexity index is 306. The zero-order valence-corrected chi connectivity index (χ0v) is 7.78. The van der Waals surface area contributed by atoms with Crippen LogP contribution in [0.15, 0.2) is 22.7 Å². The summed E-state index contributed by atoms with van der Waals surface area (Å²) >= 11 is 8.94. The third-order valence-electron chi connectivity index (χ3n) is 1.12. The number of nitrogens with one attached hydrogen (secondary N) is 1. The van der Waals surface area contributed by atoms with E-state index in [1.165, 1.54) is 0 Å². The summed E-state index contributed by atoms with van der Waals surface area (Å²) in [5.41, 5.74) is 0.681. The van der Waals surface area contributed by atoms with E-state index in [9.17, 15) is 0 Å². The molecule has 0 unspecified atom stereocenters. The Morgan fingerprint density at radius 2 is 2.27 bits per heavy atom. The van der Waals surface area contributed by atoms with Crippen LogP contribution in [0.1, 0.15) is 0 Å². The van der Waals surface area contributed by atoms with E-state index in [1.54, 1.807) is 18.2 Å². The average molecular weight is 231 g/mol. The highest BCUT2D eigenvalue weighted by molar-refractivity contribution is 9.10. The second-order valence-electron chi connectivity index (χ2n) is 1.86. The number of nitrogens with zero attached hydrogens (tertiary/aromatic N) is 1. The van der Waals surface area contributed by atoms with Crippen molar-refractivity contribution in [2.75, 3.05) is 5.32 Å². The van der Waals surface area contributed by atoms with E-state index in [-0.39, 0.29) is 0 Å². The lowest BCUT2D eigenvalue weighted by Gasteiger charge is -2.00. The zero-order valence-electron chi connectivity index (χ0n) is 5.44. The second kappa shape index (κ2) is 3.61. The maximum absolute atomic E-state index is 8.31. The molecule has 0 atom stereocenters. The summed E-state index contributed by atoms with van der Waals surface area (Å²) in [6.07, 6.45) is 1.81. The van der Waals surface area contributed by atoms with Gasteiger partial charge in [0.2, 0.25) is 0 Å². The van der Waals surface area contributed by atoms with E-state index in [0.717, 1.165) is 4.47 Å². The van der Waals surface area contributed by atoms with E-state index in [0.29, 0.717) is 10.7 Å². The molecule has 1 aromatic carbocycles. The normalized spacial score (nSPS) is 8.82. The Kier molecular flexibility index (Phi) is 2.75. The van der Waals surface area contributed by atoms with Gasteiger partial charge in [0, 0.05) is 9.50 Å². The highest BCUT2D eigenvalue weighted by Gasteiger charge is 1.97. The third kappa shape index (κ3) is 2.11. The standard InChI is InChI=1S/C7H4BrClN2/c8-6-2-1-5(9)3-7(6)11-4-10/h1-3,11H. The first kappa shape index (κ1) is 8.38. The number of hydrogen-bond donors (Lipinski definition) is 1. The Morgan fingerprint density at radius 3 is 2.91 bits per heavy atom. The monoisotopic (exact) mass is 230 g/mol. The van der Waals surface area contributed by atoms with Gasteiger partial charge in [-0.05, 0) is 34.1 Å². The molecule has 1 N–H and O–H groups in total. The summed E-state index contributed by atoms with van der Waals surface area (Å²) < 4.78 is 0.823. The maximum atomic E-state index is 8.31. The highest BCUT2D eigenvalue weighted by atomic mass is 79.9. The van der Waals surface area contributed by atoms with Crippen molar-refractivity contribution in [3.05, 3.63) is 27.7 Å². The molecule has 0 aliphatic carbocycles. The molecule has 0 radical (unpaired) electrons. The molecule has 0 bridgehead atoms. The van der Waals surface area contributed by atoms with Crippen LogP contribution < -0.4 is 5.32 Å². The van der Waals surface area contributed by atoms with Crippen molar-refractivity contribution in [3.8, 4) is 6.19 Å². The Morgan fingerprint density at radius 1 is 1.55 bits per heavy atom. The number of nitriles is 1. The first-order valence-electron chi connectivity index (χ1n) is 2.84. The number of hydrogen-bond acceptors (Lipinski definition) is 2. The molecule has 11 heavy (non-hydrogen) atoms. The van der Waals surface area contributed by atoms with Gasteiger partial charge in [-0.3, -0.25) is 5.32 Å². The first-order chi connectivity index (χ1) is 5.24. The van der Waals surface area contributed by atoms with Crippen LogP contribution in [0.4, 0.5) is 5.69 Å². The molecule has 0 fully saturated rings. The molecule has 0 aromatic heterocycles. The molecule has 1 rings (SSSR count). The number of anilines is 1. The van der Waals surface area contributed by atoms with Gasteiger partial charge in [-0.1, -0.05) is 11.6 Å². The second-order valence-corrected chi connectivity index (χ2v) is 3.15. The highest BCUT2D eigenvalue weighted by Crippen LogP contribution is 2.25. The molecule has 0 heterocycles. The minimum atomic E-state index is 0.603. The zero-order chi connectivity index (χ0) is 8.27. The SMILES string of the molecule is N#CNc1cc(Cl)ccc1Br. The molecule has 0 aliphatic heterocycles. The van der Waals surface area contributed by atoms with Gasteiger partial charge >= 0.3 is 0 Å². The Labute approximate surface area is 77.9 Å². The van der Waals surface area contributed by atoms with Gasteiger partial charge in [-0.25, -0.2) is 0 Å². The predicted octanol–water partition coefficient (Wildman–Crippen LogP) is 3.00. The minimum Gasteiger partial charge on any atom is -0.292 e. The first-order valence-corrected chi connectivity index (χ1v) is 4.01. The van der Waals surface area contributed by atoms with Crippen LogP contribution in [-0.2, 0) is 0 Å². The van der Waals surface area contributed by atoms with Crippen LogP contribution in [0.2, 0.25) is 5.02 Å². The maximum Gasteiger partial charge on any atom is 0.181 e. The van der Waals surface area contributed by atoms with Gasteiger partial charge in [0.05, 0.1) is 5.69 Å². The fraction of sp³-hybridized carbons (Fsp3) is 0. The van der Waals surface area contributed by atoms with Crippen molar-refractivity contribution in [1.82, 2.24) is 0 Å². The van der Waals surface area contributed by atoms with Crippen LogP contribution in [0.5, 0.6) is 0 Å². The van der Waals surface area contributed by atoms with Crippen LogP contribution in [-0.4, -0.2) is 0 Å². The van der Waals surface area contributed by atoms with E-state index in [2.05, 4.69) is 21.2 Å². The van der Waals surface area contributed by atoms with Crippen molar-refractivity contribution < 1.29 is 0 Å². The Balaban J connectivity index is 3.05. The van der Waals surface area contributed by atoms with Gasteiger partial charge < -0.3 is 0 Å². The van der Waals surface area contributed by atoms with Gasteiger partial charge in [0.1, 0.15) is 0 Å². The summed E-state index contributed by atoms with van der Waals surface area (Å²) in [5.74, 6) is 0. The fourth-order valence-corrected chi connectivity index (χ4v) is 1.17. The molecular formula is C7H4BrClN2. The van der Waals surface area contributed by atoms with Gasteiger partial charge in [0.25, 0.3) is 0 Å². The lowest BCUT2D eigenvalue weighted by atomic mass is 10.3. The molecule has 2 nitrogen and oxygen atoms in total. The van der Waals surface area contributed by atoms with Crippen LogP contribution in [0.25, 0.3) is 0 Å². The van der Waals surface area contributed by atoms with Crippen molar-refractivity contribution in [2.24, 2.45) is 0 Å². The van der Waals surface area contributed by atoms with Crippen LogP contribution in [0, 0.1) is 11.5 Å². The third-order valence-corrected chi connectivity index (χ3v) is 2.05. The summed E-state index contributed by atoms with van der Waals surface area (Å²) in [4.78, 5) is 0. The summed E-state index contributed by atoms with van der Waals surface area (Å²) in [6.45, 7) is 0. The van der Waals surface area contributed by atoms with Crippen molar-refractivity contribution in [3.63, 3.8) is 0 Å². The molecule has 0 saturated carbocycles. The molecule has 4 heteroatoms. The number of rotatable bonds is 1. The molecule has 0 aliphatic rings. The minimum absolute atomic E-state index is 0.603. The molecule has 56 valence electrons. The van der Waals surface area contributed by atoms with Gasteiger partial charge in [-0.15, -0.1) is 0 Å². The topological polar surface area (TPSA) is 35.8 Å². The number of benzene rings is 1. The summed E-state index contributed by atoms with van der Waals surface area (Å²) in [5, 5.41) is 11.4. The van der Waals surface area contributed by atoms with E-state index < -0.39 is 0 Å². The summed E-state index contributed by atoms with van der Waals surface area (Å²) in [6, 6.07) is 5.20. The summed E-state index contributed by atoms with van der Waals surface area (Å²) in [7, 11) is 0. The van der Waals surface area contributed by atoms with Crippen molar-refractivity contribution in [1.29, 1.82) is 5.26 Å². The smallest absolute Gasteiger partial charge is 0.181 e. The van der Waals surface area contributed by atoms with Gasteiger partial charge in [-0.2, -0.15) is 5.26 Å². The average Bonchev–Trinajstić information content (AvgIpc) is 1.98. The van der Waals surface area contributed by atoms with E-state index in [4.69, 9.17) is 16.9 Å². The molecule has 1 aromatic rings. The predicted molar refractivity (Wildman–Crippen MR) is 48.4 cm³/mol. The number of halogens is 2. The fourth-order valence-electron chi connectivity index (χ4n) is 0.654. The van der Waals surface area contributed by atoms with Gasteiger partial charge in [0.15, 0.2) is 6.19 Å². The molecule has 0 amide bonds. The van der Waals surface area contributed by atoms with E-state index >= 15 is 0 Å². The van der Waals surface area contributed by atoms with Crippen molar-refractivity contribution >= 4 is 33.2 Å². The van der Waals surface area contributed by atoms with E-state index in [1.807, 2.05) is 6.19 Å². The molecule has 0 saturated heterocycles. The van der Waals surface area contributed by atoms with Crippen molar-refractivity contribution in [2.45, 2.75) is 0 Å². The van der Waals surface area contributed by atoms with Crippen LogP contribution in [0.3, 0.4) is 0 Å². The Hall–Kier alpha value is -0.720. The largest absolute Gasteiger partial charge is 0.292 e. The lowest BCUT2D eigenvalue weighted by molar-refractivity contribution is 1.46. The lowest BCUT2D eigenvalue weighted by Crippen LogP contribution is -1.87. The van der Waals surface area contributed by atoms with Crippen LogP contribution >= 0.6 is 27.5 Å². The molecule has 0 spiro atoms. The quantitative estimate of drug-likeness (QED) is 0.596. The molecular weight excluding hydrogens is 227 g/mol.